The molecule has 0 bridgehead atoms. The molecule has 1 aromatic carbocycles. The van der Waals surface area contributed by atoms with E-state index in [9.17, 15) is 4.79 Å². The van der Waals surface area contributed by atoms with E-state index < -0.39 is 0 Å². The second kappa shape index (κ2) is 7.23. The van der Waals surface area contributed by atoms with E-state index in [0.29, 0.717) is 17.5 Å². The number of aryl methyl sites for hydroxylation is 3. The number of benzene rings is 1. The molecule has 0 unspecified atom stereocenters. The van der Waals surface area contributed by atoms with Gasteiger partial charge in [-0.1, -0.05) is 41.6 Å². The third-order valence-corrected chi connectivity index (χ3v) is 4.70. The number of rotatable bonds is 5. The van der Waals surface area contributed by atoms with Crippen molar-refractivity contribution >= 4 is 23.4 Å². The Balaban J connectivity index is 1.75. The zero-order chi connectivity index (χ0) is 18.0. The number of nitrogens with zero attached hydrogens (tertiary/aromatic N) is 4. The smallest absolute Gasteiger partial charge is 0.253 e. The minimum atomic E-state index is -0.0295. The van der Waals surface area contributed by atoms with Crippen LogP contribution in [0.4, 0.5) is 0 Å². The predicted octanol–water partition coefficient (Wildman–Crippen LogP) is 2.63. The van der Waals surface area contributed by atoms with Crippen molar-refractivity contribution in [3.05, 3.63) is 52.3 Å². The molecule has 1 amide bonds. The monoisotopic (exact) mass is 355 g/mol. The fourth-order valence-corrected chi connectivity index (χ4v) is 3.00. The Morgan fingerprint density at radius 2 is 1.88 bits per heavy atom. The summed E-state index contributed by atoms with van der Waals surface area (Å²) in [6, 6.07) is 8.14. The number of aromatic nitrogens is 4. The van der Waals surface area contributed by atoms with Gasteiger partial charge in [-0.2, -0.15) is 4.98 Å². The van der Waals surface area contributed by atoms with Crippen LogP contribution >= 0.6 is 11.8 Å². The summed E-state index contributed by atoms with van der Waals surface area (Å²) in [5.74, 6) is 0.543. The minimum absolute atomic E-state index is 0.0295. The van der Waals surface area contributed by atoms with E-state index in [4.69, 9.17) is 0 Å². The van der Waals surface area contributed by atoms with Gasteiger partial charge >= 0.3 is 0 Å². The van der Waals surface area contributed by atoms with Crippen molar-refractivity contribution in [1.29, 1.82) is 0 Å². The highest BCUT2D eigenvalue weighted by Crippen LogP contribution is 2.17. The highest BCUT2D eigenvalue weighted by atomic mass is 32.2. The zero-order valence-electron chi connectivity index (χ0n) is 14.8. The maximum atomic E-state index is 12.4. The van der Waals surface area contributed by atoms with Crippen LogP contribution in [0.2, 0.25) is 0 Å². The molecule has 0 spiro atoms. The first-order valence-electron chi connectivity index (χ1n) is 8.07. The number of amides is 1. The highest BCUT2D eigenvalue weighted by molar-refractivity contribution is 7.98. The molecule has 130 valence electrons. The number of hydrogen-bond acceptors (Lipinski definition) is 5. The molecule has 6 nitrogen and oxygen atoms in total. The Labute approximate surface area is 151 Å². The van der Waals surface area contributed by atoms with Gasteiger partial charge in [0.1, 0.15) is 0 Å². The summed E-state index contributed by atoms with van der Waals surface area (Å²) in [6.45, 7) is 6.42. The normalized spacial score (nSPS) is 11.0. The Hall–Kier alpha value is -2.41. The first-order chi connectivity index (χ1) is 12.0. The van der Waals surface area contributed by atoms with Crippen LogP contribution in [-0.4, -0.2) is 31.7 Å². The average Bonchev–Trinajstić information content (AvgIpc) is 3.01. The van der Waals surface area contributed by atoms with Gasteiger partial charge in [0.2, 0.25) is 11.1 Å². The molecule has 0 aliphatic rings. The Bertz CT molecular complexity index is 917. The molecule has 3 aromatic rings. The summed E-state index contributed by atoms with van der Waals surface area (Å²) in [7, 11) is 0. The molecular formula is C18H21N5OS. The number of carbonyl (C=O) groups excluding carboxylic acids is 1. The number of fused-ring (bicyclic) bond motifs is 1. The summed E-state index contributed by atoms with van der Waals surface area (Å²) >= 11 is 1.47. The topological polar surface area (TPSA) is 72.2 Å². The van der Waals surface area contributed by atoms with Gasteiger partial charge in [0.25, 0.3) is 5.78 Å². The van der Waals surface area contributed by atoms with Crippen LogP contribution in [0.25, 0.3) is 5.78 Å². The average molecular weight is 355 g/mol. The van der Waals surface area contributed by atoms with Crippen LogP contribution in [0.5, 0.6) is 0 Å². The van der Waals surface area contributed by atoms with Gasteiger partial charge < -0.3 is 5.32 Å². The lowest BCUT2D eigenvalue weighted by Crippen LogP contribution is -2.25. The van der Waals surface area contributed by atoms with Gasteiger partial charge in [-0.15, -0.1) is 5.10 Å². The largest absolute Gasteiger partial charge is 0.352 e. The lowest BCUT2D eigenvalue weighted by atomic mass is 10.1. The van der Waals surface area contributed by atoms with Crippen LogP contribution in [-0.2, 0) is 17.8 Å². The van der Waals surface area contributed by atoms with Crippen molar-refractivity contribution in [2.75, 3.05) is 6.26 Å². The molecule has 3 rings (SSSR count). The molecule has 0 saturated heterocycles. The fourth-order valence-electron chi connectivity index (χ4n) is 2.66. The van der Waals surface area contributed by atoms with Crippen molar-refractivity contribution in [1.82, 2.24) is 24.9 Å². The van der Waals surface area contributed by atoms with Gasteiger partial charge in [-0.3, -0.25) is 4.79 Å². The van der Waals surface area contributed by atoms with Crippen molar-refractivity contribution in [3.8, 4) is 0 Å². The first-order valence-corrected chi connectivity index (χ1v) is 9.29. The summed E-state index contributed by atoms with van der Waals surface area (Å²) in [5, 5.41) is 8.06. The summed E-state index contributed by atoms with van der Waals surface area (Å²) < 4.78 is 1.71. The number of nitrogens with one attached hydrogen (secondary N) is 1. The van der Waals surface area contributed by atoms with Crippen LogP contribution in [0.3, 0.4) is 0 Å². The van der Waals surface area contributed by atoms with E-state index in [1.165, 1.54) is 17.3 Å². The number of carbonyl (C=O) groups is 1. The van der Waals surface area contributed by atoms with Crippen LogP contribution < -0.4 is 5.32 Å². The highest BCUT2D eigenvalue weighted by Gasteiger charge is 2.15. The molecule has 0 aliphatic carbocycles. The predicted molar refractivity (Wildman–Crippen MR) is 98.8 cm³/mol. The maximum Gasteiger partial charge on any atom is 0.253 e. The van der Waals surface area contributed by atoms with Crippen LogP contribution in [0, 0.1) is 20.8 Å². The standard InChI is InChI=1S/C18H21N5OS/c1-11-5-7-14(8-6-11)10-19-16(24)9-15-12(2)20-17-21-18(25-4)22-23(17)13(15)3/h5-8H,9-10H2,1-4H3,(H,19,24). The molecule has 1 N–H and O–H groups in total. The van der Waals surface area contributed by atoms with Gasteiger partial charge in [0.15, 0.2) is 0 Å². The second-order valence-corrected chi connectivity index (χ2v) is 6.78. The molecule has 0 atom stereocenters. The van der Waals surface area contributed by atoms with Crippen molar-refractivity contribution < 1.29 is 4.79 Å². The fraction of sp³-hybridized carbons (Fsp3) is 0.333. The van der Waals surface area contributed by atoms with Gasteiger partial charge in [0, 0.05) is 23.5 Å². The molecule has 0 saturated carbocycles. The van der Waals surface area contributed by atoms with E-state index in [2.05, 4.69) is 20.4 Å². The molecule has 0 aliphatic heterocycles. The summed E-state index contributed by atoms with van der Waals surface area (Å²) in [4.78, 5) is 21.2. The molecule has 0 fully saturated rings. The van der Waals surface area contributed by atoms with E-state index in [1.54, 1.807) is 4.52 Å². The Morgan fingerprint density at radius 3 is 2.56 bits per heavy atom. The third-order valence-electron chi connectivity index (χ3n) is 4.16. The lowest BCUT2D eigenvalue weighted by Gasteiger charge is -2.11. The van der Waals surface area contributed by atoms with Crippen LogP contribution in [0.15, 0.2) is 29.4 Å². The molecule has 7 heteroatoms. The van der Waals surface area contributed by atoms with Crippen molar-refractivity contribution in [2.24, 2.45) is 0 Å². The van der Waals surface area contributed by atoms with E-state index in [1.807, 2.05) is 51.3 Å². The quantitative estimate of drug-likeness (QED) is 0.712. The molecule has 0 radical (unpaired) electrons. The lowest BCUT2D eigenvalue weighted by molar-refractivity contribution is -0.120. The van der Waals surface area contributed by atoms with Crippen molar-refractivity contribution in [2.45, 2.75) is 38.9 Å². The molecule has 25 heavy (non-hydrogen) atoms. The van der Waals surface area contributed by atoms with Gasteiger partial charge in [-0.25, -0.2) is 9.50 Å². The van der Waals surface area contributed by atoms with Gasteiger partial charge in [-0.05, 0) is 32.6 Å². The van der Waals surface area contributed by atoms with E-state index in [-0.39, 0.29) is 12.3 Å². The van der Waals surface area contributed by atoms with Crippen molar-refractivity contribution in [3.63, 3.8) is 0 Å². The second-order valence-electron chi connectivity index (χ2n) is 6.01. The minimum Gasteiger partial charge on any atom is -0.352 e. The molecular weight excluding hydrogens is 334 g/mol. The van der Waals surface area contributed by atoms with Crippen LogP contribution in [0.1, 0.15) is 28.1 Å². The Kier molecular flexibility index (Phi) is 5.03. The first kappa shape index (κ1) is 17.4. The Morgan fingerprint density at radius 1 is 1.16 bits per heavy atom. The molecule has 2 heterocycles. The van der Waals surface area contributed by atoms with E-state index >= 15 is 0 Å². The number of hydrogen-bond donors (Lipinski definition) is 1. The van der Waals surface area contributed by atoms with Gasteiger partial charge in [0.05, 0.1) is 6.42 Å². The summed E-state index contributed by atoms with van der Waals surface area (Å²) in [5.41, 5.74) is 4.91. The number of thioether (sulfide) groups is 1. The third kappa shape index (κ3) is 3.82. The summed E-state index contributed by atoms with van der Waals surface area (Å²) in [6.07, 6.45) is 2.21. The SMILES string of the molecule is CSc1nc2nc(C)c(CC(=O)NCc3ccc(C)cc3)c(C)n2n1. The molecule has 2 aromatic heterocycles. The zero-order valence-corrected chi connectivity index (χ0v) is 15.6. The maximum absolute atomic E-state index is 12.4. The van der Waals surface area contributed by atoms with E-state index in [0.717, 1.165) is 22.5 Å².